The SMILES string of the molecule is O=c1[nH]c(C(F)F)c(C(F)(F)F)cc1[N+](=O)[O-]. The molecule has 10 heteroatoms. The Kier molecular flexibility index (Phi) is 3.16. The van der Waals surface area contributed by atoms with Crippen LogP contribution in [0.15, 0.2) is 10.9 Å². The number of aromatic amines is 1. The van der Waals surface area contributed by atoms with E-state index in [1.165, 1.54) is 0 Å². The molecule has 0 unspecified atom stereocenters. The van der Waals surface area contributed by atoms with E-state index in [0.717, 1.165) is 4.98 Å². The molecule has 0 saturated carbocycles. The Bertz CT molecular complexity index is 507. The maximum Gasteiger partial charge on any atom is 0.418 e. The van der Waals surface area contributed by atoms with E-state index < -0.39 is 40.0 Å². The van der Waals surface area contributed by atoms with Crippen molar-refractivity contribution >= 4 is 5.69 Å². The third-order valence-electron chi connectivity index (χ3n) is 1.77. The number of rotatable bonds is 2. The number of halogens is 5. The van der Waals surface area contributed by atoms with Crippen molar-refractivity contribution in [1.29, 1.82) is 0 Å². The van der Waals surface area contributed by atoms with Crippen LogP contribution in [0.25, 0.3) is 0 Å². The predicted molar refractivity (Wildman–Crippen MR) is 43.7 cm³/mol. The molecule has 5 nitrogen and oxygen atoms in total. The monoisotopic (exact) mass is 258 g/mol. The Morgan fingerprint density at radius 3 is 2.24 bits per heavy atom. The highest BCUT2D eigenvalue weighted by Crippen LogP contribution is 2.35. The summed E-state index contributed by atoms with van der Waals surface area (Å²) in [5.41, 5.74) is -6.67. The average Bonchev–Trinajstić information content (AvgIpc) is 2.14. The first-order valence-corrected chi connectivity index (χ1v) is 3.91. The fraction of sp³-hybridized carbons (Fsp3) is 0.286. The van der Waals surface area contributed by atoms with Gasteiger partial charge in [-0.25, -0.2) is 8.78 Å². The van der Waals surface area contributed by atoms with Gasteiger partial charge in [-0.1, -0.05) is 0 Å². The molecule has 0 bridgehead atoms. The van der Waals surface area contributed by atoms with Crippen molar-refractivity contribution in [3.63, 3.8) is 0 Å². The molecule has 0 radical (unpaired) electrons. The number of nitro groups is 1. The highest BCUT2D eigenvalue weighted by Gasteiger charge is 2.38. The number of alkyl halides is 5. The van der Waals surface area contributed by atoms with Gasteiger partial charge in [0.05, 0.1) is 16.2 Å². The summed E-state index contributed by atoms with van der Waals surface area (Å²) < 4.78 is 61.4. The molecule has 0 fully saturated rings. The molecular weight excluding hydrogens is 255 g/mol. The van der Waals surface area contributed by atoms with Crippen LogP contribution in [0, 0.1) is 10.1 Å². The first-order chi connectivity index (χ1) is 7.64. The molecule has 94 valence electrons. The Balaban J connectivity index is 3.60. The van der Waals surface area contributed by atoms with Gasteiger partial charge in [0.1, 0.15) is 0 Å². The lowest BCUT2D eigenvalue weighted by Crippen LogP contribution is -2.20. The van der Waals surface area contributed by atoms with Crippen molar-refractivity contribution < 1.29 is 26.9 Å². The largest absolute Gasteiger partial charge is 0.418 e. The zero-order chi connectivity index (χ0) is 13.4. The number of H-pyrrole nitrogens is 1. The first kappa shape index (κ1) is 13.1. The van der Waals surface area contributed by atoms with Gasteiger partial charge in [0, 0.05) is 6.07 Å². The van der Waals surface area contributed by atoms with Crippen LogP contribution in [0.4, 0.5) is 27.6 Å². The second-order valence-corrected chi connectivity index (χ2v) is 2.87. The molecule has 0 atom stereocenters. The van der Waals surface area contributed by atoms with Crippen LogP contribution in [0.1, 0.15) is 17.7 Å². The lowest BCUT2D eigenvalue weighted by atomic mass is 10.1. The summed E-state index contributed by atoms with van der Waals surface area (Å²) in [6.45, 7) is 0. The van der Waals surface area contributed by atoms with E-state index in [0.29, 0.717) is 0 Å². The average molecular weight is 258 g/mol. The highest BCUT2D eigenvalue weighted by atomic mass is 19.4. The molecule has 0 amide bonds. The topological polar surface area (TPSA) is 76.0 Å². The quantitative estimate of drug-likeness (QED) is 0.502. The number of pyridine rings is 1. The summed E-state index contributed by atoms with van der Waals surface area (Å²) in [4.78, 5) is 20.9. The Morgan fingerprint density at radius 1 is 1.35 bits per heavy atom. The summed E-state index contributed by atoms with van der Waals surface area (Å²) in [7, 11) is 0. The maximum absolute atomic E-state index is 12.3. The maximum atomic E-state index is 12.3. The van der Waals surface area contributed by atoms with E-state index in [4.69, 9.17) is 0 Å². The number of nitrogens with zero attached hydrogens (tertiary/aromatic N) is 1. The van der Waals surface area contributed by atoms with Crippen molar-refractivity contribution in [3.8, 4) is 0 Å². The standard InChI is InChI=1S/C7H3F5N2O3/c8-5(9)4-2(7(10,11)12)1-3(14(16)17)6(15)13-4/h1,5H,(H,13,15). The third-order valence-corrected chi connectivity index (χ3v) is 1.77. The van der Waals surface area contributed by atoms with Crippen LogP contribution in [-0.4, -0.2) is 9.91 Å². The van der Waals surface area contributed by atoms with Gasteiger partial charge in [0.25, 0.3) is 6.43 Å². The van der Waals surface area contributed by atoms with Gasteiger partial charge in [0.2, 0.25) is 0 Å². The van der Waals surface area contributed by atoms with Crippen LogP contribution in [0.3, 0.4) is 0 Å². The van der Waals surface area contributed by atoms with Gasteiger partial charge in [-0.05, 0) is 0 Å². The number of nitrogens with one attached hydrogen (secondary N) is 1. The van der Waals surface area contributed by atoms with Gasteiger partial charge in [-0.3, -0.25) is 14.9 Å². The summed E-state index contributed by atoms with van der Waals surface area (Å²) in [5.74, 6) is 0. The fourth-order valence-electron chi connectivity index (χ4n) is 1.08. The Labute approximate surface area is 89.0 Å². The Morgan fingerprint density at radius 2 is 1.88 bits per heavy atom. The third kappa shape index (κ3) is 2.57. The van der Waals surface area contributed by atoms with E-state index in [1.807, 2.05) is 0 Å². The van der Waals surface area contributed by atoms with Crippen LogP contribution in [-0.2, 0) is 6.18 Å². The van der Waals surface area contributed by atoms with Crippen molar-refractivity contribution in [3.05, 3.63) is 37.8 Å². The van der Waals surface area contributed by atoms with E-state index in [9.17, 15) is 36.9 Å². The van der Waals surface area contributed by atoms with Gasteiger partial charge >= 0.3 is 17.4 Å². The highest BCUT2D eigenvalue weighted by molar-refractivity contribution is 5.36. The van der Waals surface area contributed by atoms with Crippen LogP contribution >= 0.6 is 0 Å². The van der Waals surface area contributed by atoms with E-state index in [1.54, 1.807) is 0 Å². The van der Waals surface area contributed by atoms with Crippen molar-refractivity contribution in [1.82, 2.24) is 4.98 Å². The zero-order valence-electron chi connectivity index (χ0n) is 7.72. The van der Waals surface area contributed by atoms with E-state index in [-0.39, 0.29) is 6.07 Å². The van der Waals surface area contributed by atoms with Crippen molar-refractivity contribution in [2.45, 2.75) is 12.6 Å². The molecule has 0 aliphatic carbocycles. The molecule has 1 N–H and O–H groups in total. The van der Waals surface area contributed by atoms with Crippen LogP contribution in [0.5, 0.6) is 0 Å². The molecule has 1 heterocycles. The summed E-state index contributed by atoms with van der Waals surface area (Å²) >= 11 is 0. The zero-order valence-corrected chi connectivity index (χ0v) is 7.72. The normalized spacial score (nSPS) is 11.9. The molecular formula is C7H3F5N2O3. The Hall–Kier alpha value is -2.00. The minimum absolute atomic E-state index is 0.208. The minimum Gasteiger partial charge on any atom is -0.315 e. The molecule has 1 aromatic rings. The van der Waals surface area contributed by atoms with E-state index >= 15 is 0 Å². The second-order valence-electron chi connectivity index (χ2n) is 2.87. The molecule has 1 rings (SSSR count). The minimum atomic E-state index is -5.22. The molecule has 0 aromatic carbocycles. The van der Waals surface area contributed by atoms with Gasteiger partial charge in [0.15, 0.2) is 0 Å². The summed E-state index contributed by atoms with van der Waals surface area (Å²) in [6, 6.07) is -0.208. The molecule has 1 aromatic heterocycles. The van der Waals surface area contributed by atoms with Gasteiger partial charge in [-0.15, -0.1) is 0 Å². The fourth-order valence-corrected chi connectivity index (χ4v) is 1.08. The lowest BCUT2D eigenvalue weighted by molar-refractivity contribution is -0.386. The summed E-state index contributed by atoms with van der Waals surface area (Å²) in [5, 5.41) is 10.2. The predicted octanol–water partition coefficient (Wildman–Crippen LogP) is 2.24. The molecule has 0 aliphatic rings. The van der Waals surface area contributed by atoms with Crippen LogP contribution < -0.4 is 5.56 Å². The van der Waals surface area contributed by atoms with E-state index in [2.05, 4.69) is 0 Å². The first-order valence-electron chi connectivity index (χ1n) is 3.91. The number of aromatic nitrogens is 1. The number of hydrogen-bond donors (Lipinski definition) is 1. The lowest BCUT2D eigenvalue weighted by Gasteiger charge is -2.11. The van der Waals surface area contributed by atoms with Crippen molar-refractivity contribution in [2.24, 2.45) is 0 Å². The summed E-state index contributed by atoms with van der Waals surface area (Å²) in [6.07, 6.45) is -8.82. The smallest absolute Gasteiger partial charge is 0.315 e. The molecule has 0 saturated heterocycles. The molecule has 0 aliphatic heterocycles. The van der Waals surface area contributed by atoms with Gasteiger partial charge in [-0.2, -0.15) is 13.2 Å². The molecule has 17 heavy (non-hydrogen) atoms. The second kappa shape index (κ2) is 4.11. The van der Waals surface area contributed by atoms with Crippen molar-refractivity contribution in [2.75, 3.05) is 0 Å². The number of hydrogen-bond acceptors (Lipinski definition) is 3. The molecule has 0 spiro atoms. The van der Waals surface area contributed by atoms with Gasteiger partial charge < -0.3 is 4.98 Å². The van der Waals surface area contributed by atoms with Crippen LogP contribution in [0.2, 0.25) is 0 Å².